The lowest BCUT2D eigenvalue weighted by Gasteiger charge is -2.27. The molecule has 1 aromatic carbocycles. The fourth-order valence-electron chi connectivity index (χ4n) is 1.66. The van der Waals surface area contributed by atoms with Gasteiger partial charge in [0, 0.05) is 18.6 Å². The van der Waals surface area contributed by atoms with Crippen LogP contribution in [0.25, 0.3) is 0 Å². The Hall–Kier alpha value is -1.75. The van der Waals surface area contributed by atoms with Gasteiger partial charge in [-0.05, 0) is 38.5 Å². The number of rotatable bonds is 5. The SMILES string of the molecule is CC(c1cccc(Cl)c1)N(C)C(=O)NCC(C)(C)C(=O)O. The summed E-state index contributed by atoms with van der Waals surface area (Å²) in [6.07, 6.45) is 0. The maximum Gasteiger partial charge on any atom is 0.317 e. The highest BCUT2D eigenvalue weighted by atomic mass is 35.5. The molecule has 0 aliphatic carbocycles. The van der Waals surface area contributed by atoms with Crippen LogP contribution >= 0.6 is 11.6 Å². The number of hydrogen-bond acceptors (Lipinski definition) is 2. The molecule has 0 spiro atoms. The molecule has 1 unspecified atom stereocenters. The van der Waals surface area contributed by atoms with Gasteiger partial charge in [-0.3, -0.25) is 4.79 Å². The first-order valence-electron chi connectivity index (χ1n) is 6.64. The number of carbonyl (C=O) groups excluding carboxylic acids is 1. The number of nitrogens with zero attached hydrogens (tertiary/aromatic N) is 1. The number of nitrogens with one attached hydrogen (secondary N) is 1. The number of hydrogen-bond donors (Lipinski definition) is 2. The first kappa shape index (κ1) is 17.3. The number of carboxylic acid groups (broad SMARTS) is 1. The van der Waals surface area contributed by atoms with Gasteiger partial charge in [0.15, 0.2) is 0 Å². The third-order valence-corrected chi connectivity index (χ3v) is 3.73. The Morgan fingerprint density at radius 3 is 2.57 bits per heavy atom. The normalized spacial score (nSPS) is 12.6. The molecule has 0 saturated heterocycles. The predicted octanol–water partition coefficient (Wildman–Crippen LogP) is 3.15. The van der Waals surface area contributed by atoms with Crippen molar-refractivity contribution in [2.45, 2.75) is 26.8 Å². The second-order valence-electron chi connectivity index (χ2n) is 5.69. The second kappa shape index (κ2) is 6.80. The molecular formula is C15H21ClN2O3. The van der Waals surface area contributed by atoms with Gasteiger partial charge in [-0.2, -0.15) is 0 Å². The van der Waals surface area contributed by atoms with E-state index in [9.17, 15) is 9.59 Å². The zero-order valence-electron chi connectivity index (χ0n) is 12.7. The lowest BCUT2D eigenvalue weighted by atomic mass is 9.94. The van der Waals surface area contributed by atoms with Crippen LogP contribution in [0.1, 0.15) is 32.4 Å². The highest BCUT2D eigenvalue weighted by Crippen LogP contribution is 2.22. The van der Waals surface area contributed by atoms with Crippen molar-refractivity contribution in [3.8, 4) is 0 Å². The Morgan fingerprint density at radius 2 is 2.05 bits per heavy atom. The van der Waals surface area contributed by atoms with Crippen molar-refractivity contribution >= 4 is 23.6 Å². The number of carboxylic acids is 1. The number of aliphatic carboxylic acids is 1. The fourth-order valence-corrected chi connectivity index (χ4v) is 1.86. The molecular weight excluding hydrogens is 292 g/mol. The minimum atomic E-state index is -1.00. The molecule has 0 saturated carbocycles. The summed E-state index contributed by atoms with van der Waals surface area (Å²) >= 11 is 5.94. The van der Waals surface area contributed by atoms with E-state index in [4.69, 9.17) is 16.7 Å². The van der Waals surface area contributed by atoms with E-state index >= 15 is 0 Å². The summed E-state index contributed by atoms with van der Waals surface area (Å²) in [6, 6.07) is 6.80. The average Bonchev–Trinajstić information content (AvgIpc) is 2.43. The first-order valence-corrected chi connectivity index (χ1v) is 7.02. The zero-order valence-corrected chi connectivity index (χ0v) is 13.4. The minimum absolute atomic E-state index is 0.0633. The van der Waals surface area contributed by atoms with Crippen LogP contribution in [0.5, 0.6) is 0 Å². The summed E-state index contributed by atoms with van der Waals surface area (Å²) < 4.78 is 0. The Morgan fingerprint density at radius 1 is 1.43 bits per heavy atom. The second-order valence-corrected chi connectivity index (χ2v) is 6.13. The van der Waals surface area contributed by atoms with Crippen LogP contribution in [0, 0.1) is 5.41 Å². The molecule has 1 atom stereocenters. The molecule has 6 heteroatoms. The molecule has 0 aliphatic heterocycles. The van der Waals surface area contributed by atoms with Gasteiger partial charge in [-0.25, -0.2) is 4.79 Å². The molecule has 2 amide bonds. The molecule has 0 bridgehead atoms. The van der Waals surface area contributed by atoms with Crippen LogP contribution in [-0.4, -0.2) is 35.6 Å². The third-order valence-electron chi connectivity index (χ3n) is 3.49. The number of benzene rings is 1. The van der Waals surface area contributed by atoms with Crippen molar-refractivity contribution < 1.29 is 14.7 Å². The Balaban J connectivity index is 2.68. The van der Waals surface area contributed by atoms with E-state index in [-0.39, 0.29) is 18.6 Å². The van der Waals surface area contributed by atoms with Gasteiger partial charge < -0.3 is 15.3 Å². The maximum absolute atomic E-state index is 12.1. The van der Waals surface area contributed by atoms with Gasteiger partial charge in [0.05, 0.1) is 11.5 Å². The van der Waals surface area contributed by atoms with E-state index in [1.807, 2.05) is 19.1 Å². The van der Waals surface area contributed by atoms with Gasteiger partial charge in [0.25, 0.3) is 0 Å². The summed E-state index contributed by atoms with van der Waals surface area (Å²) in [6.45, 7) is 5.08. The van der Waals surface area contributed by atoms with Crippen molar-refractivity contribution in [3.63, 3.8) is 0 Å². The topological polar surface area (TPSA) is 69.6 Å². The van der Waals surface area contributed by atoms with E-state index in [2.05, 4.69) is 5.32 Å². The van der Waals surface area contributed by atoms with Crippen molar-refractivity contribution in [3.05, 3.63) is 34.9 Å². The lowest BCUT2D eigenvalue weighted by Crippen LogP contribution is -2.44. The molecule has 1 rings (SSSR count). The van der Waals surface area contributed by atoms with E-state index < -0.39 is 11.4 Å². The summed E-state index contributed by atoms with van der Waals surface area (Å²) in [4.78, 5) is 24.6. The Bertz CT molecular complexity index is 531. The van der Waals surface area contributed by atoms with Crippen molar-refractivity contribution in [2.24, 2.45) is 5.41 Å². The van der Waals surface area contributed by atoms with Gasteiger partial charge >= 0.3 is 12.0 Å². The van der Waals surface area contributed by atoms with Crippen LogP contribution in [0.2, 0.25) is 5.02 Å². The molecule has 5 nitrogen and oxygen atoms in total. The van der Waals surface area contributed by atoms with Crippen LogP contribution in [0.4, 0.5) is 4.79 Å². The highest BCUT2D eigenvalue weighted by Gasteiger charge is 2.28. The zero-order chi connectivity index (χ0) is 16.2. The number of halogens is 1. The molecule has 0 fully saturated rings. The Labute approximate surface area is 129 Å². The molecule has 0 aromatic heterocycles. The summed E-state index contributed by atoms with van der Waals surface area (Å²) in [7, 11) is 1.66. The number of carbonyl (C=O) groups is 2. The van der Waals surface area contributed by atoms with E-state index in [0.717, 1.165) is 5.56 Å². The summed E-state index contributed by atoms with van der Waals surface area (Å²) in [5.74, 6) is -0.951. The van der Waals surface area contributed by atoms with E-state index in [0.29, 0.717) is 5.02 Å². The monoisotopic (exact) mass is 312 g/mol. The van der Waals surface area contributed by atoms with E-state index in [1.54, 1.807) is 33.0 Å². The molecule has 0 heterocycles. The highest BCUT2D eigenvalue weighted by molar-refractivity contribution is 6.30. The average molecular weight is 313 g/mol. The van der Waals surface area contributed by atoms with Crippen LogP contribution in [0.3, 0.4) is 0 Å². The Kier molecular flexibility index (Phi) is 5.61. The first-order chi connectivity index (χ1) is 9.65. The molecule has 0 radical (unpaired) electrons. The van der Waals surface area contributed by atoms with Gasteiger partial charge in [0.1, 0.15) is 0 Å². The van der Waals surface area contributed by atoms with Crippen LogP contribution in [0.15, 0.2) is 24.3 Å². The molecule has 21 heavy (non-hydrogen) atoms. The van der Waals surface area contributed by atoms with Crippen molar-refractivity contribution in [1.29, 1.82) is 0 Å². The fraction of sp³-hybridized carbons (Fsp3) is 0.467. The summed E-state index contributed by atoms with van der Waals surface area (Å²) in [5.41, 5.74) is -0.0897. The van der Waals surface area contributed by atoms with Gasteiger partial charge in [0.2, 0.25) is 0 Å². The summed E-state index contributed by atoms with van der Waals surface area (Å²) in [5, 5.41) is 12.3. The predicted molar refractivity (Wildman–Crippen MR) is 82.4 cm³/mol. The number of urea groups is 1. The molecule has 0 aliphatic rings. The standard InChI is InChI=1S/C15H21ClN2O3/c1-10(11-6-5-7-12(16)8-11)18(4)14(21)17-9-15(2,3)13(19)20/h5-8,10H,9H2,1-4H3,(H,17,21)(H,19,20). The smallest absolute Gasteiger partial charge is 0.317 e. The van der Waals surface area contributed by atoms with Gasteiger partial charge in [-0.1, -0.05) is 23.7 Å². The maximum atomic E-state index is 12.1. The van der Waals surface area contributed by atoms with Crippen molar-refractivity contribution in [1.82, 2.24) is 10.2 Å². The van der Waals surface area contributed by atoms with E-state index in [1.165, 1.54) is 4.90 Å². The van der Waals surface area contributed by atoms with Crippen LogP contribution in [-0.2, 0) is 4.79 Å². The molecule has 116 valence electrons. The lowest BCUT2D eigenvalue weighted by molar-refractivity contribution is -0.146. The third kappa shape index (κ3) is 4.63. The van der Waals surface area contributed by atoms with Gasteiger partial charge in [-0.15, -0.1) is 0 Å². The molecule has 2 N–H and O–H groups in total. The molecule has 1 aromatic rings. The number of amides is 2. The van der Waals surface area contributed by atoms with Crippen molar-refractivity contribution in [2.75, 3.05) is 13.6 Å². The van der Waals surface area contributed by atoms with Crippen LogP contribution < -0.4 is 5.32 Å². The quantitative estimate of drug-likeness (QED) is 0.877. The minimum Gasteiger partial charge on any atom is -0.481 e. The largest absolute Gasteiger partial charge is 0.481 e.